The van der Waals surface area contributed by atoms with Crippen molar-refractivity contribution in [2.45, 2.75) is 25.2 Å². The minimum absolute atomic E-state index is 0.206. The number of anilines is 1. The van der Waals surface area contributed by atoms with E-state index in [4.69, 9.17) is 24.7 Å². The first-order valence-electron chi connectivity index (χ1n) is 11.4. The summed E-state index contributed by atoms with van der Waals surface area (Å²) < 4.78 is 49.6. The summed E-state index contributed by atoms with van der Waals surface area (Å²) in [6.45, 7) is 0. The Balaban J connectivity index is 1.65. The number of rotatable bonds is 6. The van der Waals surface area contributed by atoms with Crippen LogP contribution in [0.4, 0.5) is 19.4 Å². The number of ether oxygens (including phenoxy) is 4. The molecule has 1 unspecified atom stereocenters. The maximum absolute atomic E-state index is 14.6. The first-order valence-corrected chi connectivity index (χ1v) is 11.4. The van der Waals surface area contributed by atoms with Crippen molar-refractivity contribution in [3.8, 4) is 23.3 Å². The predicted octanol–water partition coefficient (Wildman–Crippen LogP) is 3.43. The van der Waals surface area contributed by atoms with Gasteiger partial charge in [0.2, 0.25) is 6.29 Å². The lowest BCUT2D eigenvalue weighted by Gasteiger charge is -2.34. The van der Waals surface area contributed by atoms with E-state index >= 15 is 0 Å². The van der Waals surface area contributed by atoms with E-state index in [1.165, 1.54) is 45.7 Å². The molecule has 0 saturated heterocycles. The number of hydrogen-bond acceptors (Lipinski definition) is 8. The number of hydrogen-bond donors (Lipinski definition) is 1. The predicted molar refractivity (Wildman–Crippen MR) is 132 cm³/mol. The lowest BCUT2D eigenvalue weighted by Crippen LogP contribution is -2.43. The Morgan fingerprint density at radius 1 is 1.05 bits per heavy atom. The average Bonchev–Trinajstić information content (AvgIpc) is 2.93. The second kappa shape index (κ2) is 11.4. The number of nitrogens with zero attached hydrogens (tertiary/aromatic N) is 4. The van der Waals surface area contributed by atoms with Crippen molar-refractivity contribution in [2.24, 2.45) is 5.73 Å². The Kier molecular flexibility index (Phi) is 7.99. The molecule has 2 amide bonds. The summed E-state index contributed by atoms with van der Waals surface area (Å²) in [7, 11) is 5.47. The first kappa shape index (κ1) is 26.7. The fourth-order valence-electron chi connectivity index (χ4n) is 4.14. The fraction of sp³-hybridized carbons (Fsp3) is 0.308. The van der Waals surface area contributed by atoms with Crippen LogP contribution in [0.5, 0.6) is 11.5 Å². The number of aryl methyl sites for hydroxylation is 1. The smallest absolute Gasteiger partial charge is 0.321 e. The highest BCUT2D eigenvalue weighted by Gasteiger charge is 2.34. The van der Waals surface area contributed by atoms with Gasteiger partial charge in [-0.25, -0.2) is 28.5 Å². The molecule has 0 fully saturated rings. The quantitative estimate of drug-likeness (QED) is 0.384. The van der Waals surface area contributed by atoms with Gasteiger partial charge < -0.3 is 24.7 Å². The SMILES string of the molecule is COc1cc(OC)c(F)c(C#Cc2cnc(C3CCc4ccc(C(OC)OC)nc4N3C(N)=O)nc2)c1F. The van der Waals surface area contributed by atoms with Crippen LogP contribution in [0.3, 0.4) is 0 Å². The molecule has 38 heavy (non-hydrogen) atoms. The van der Waals surface area contributed by atoms with Gasteiger partial charge >= 0.3 is 6.03 Å². The van der Waals surface area contributed by atoms with Crippen LogP contribution in [-0.2, 0) is 15.9 Å². The van der Waals surface area contributed by atoms with E-state index in [1.807, 2.05) is 6.07 Å². The highest BCUT2D eigenvalue weighted by molar-refractivity contribution is 5.91. The van der Waals surface area contributed by atoms with Gasteiger partial charge in [0, 0.05) is 32.7 Å². The summed E-state index contributed by atoms with van der Waals surface area (Å²) >= 11 is 0. The molecule has 12 heteroatoms. The number of nitrogens with two attached hydrogens (primary N) is 1. The van der Waals surface area contributed by atoms with Gasteiger partial charge in [0.1, 0.15) is 17.4 Å². The molecule has 2 aromatic heterocycles. The highest BCUT2D eigenvalue weighted by atomic mass is 19.1. The monoisotopic (exact) mass is 525 g/mol. The number of primary amides is 1. The number of urea groups is 1. The normalized spacial score (nSPS) is 14.5. The molecule has 1 aromatic carbocycles. The van der Waals surface area contributed by atoms with Crippen LogP contribution in [0.25, 0.3) is 0 Å². The van der Waals surface area contributed by atoms with E-state index in [0.717, 1.165) is 11.6 Å². The van der Waals surface area contributed by atoms with Crippen molar-refractivity contribution >= 4 is 11.8 Å². The fourth-order valence-corrected chi connectivity index (χ4v) is 4.14. The Morgan fingerprint density at radius 3 is 2.24 bits per heavy atom. The van der Waals surface area contributed by atoms with Crippen LogP contribution in [0, 0.1) is 23.5 Å². The molecule has 1 aliphatic rings. The number of carbonyl (C=O) groups excluding carboxylic acids is 1. The average molecular weight is 526 g/mol. The van der Waals surface area contributed by atoms with Crippen LogP contribution < -0.4 is 20.1 Å². The number of fused-ring (bicyclic) bond motifs is 1. The third-order valence-electron chi connectivity index (χ3n) is 5.99. The summed E-state index contributed by atoms with van der Waals surface area (Å²) in [5.41, 5.74) is 6.81. The number of carbonyl (C=O) groups is 1. The van der Waals surface area contributed by atoms with Gasteiger partial charge in [0.05, 0.1) is 25.5 Å². The van der Waals surface area contributed by atoms with Crippen molar-refractivity contribution in [3.05, 3.63) is 70.4 Å². The molecule has 3 aromatic rings. The third-order valence-corrected chi connectivity index (χ3v) is 5.99. The van der Waals surface area contributed by atoms with E-state index in [0.29, 0.717) is 35.7 Å². The molecule has 0 bridgehead atoms. The number of pyridine rings is 1. The van der Waals surface area contributed by atoms with Crippen LogP contribution >= 0.6 is 0 Å². The molecule has 1 aliphatic heterocycles. The topological polar surface area (TPSA) is 122 Å². The summed E-state index contributed by atoms with van der Waals surface area (Å²) in [6.07, 6.45) is 3.17. The minimum atomic E-state index is -0.954. The molecule has 2 N–H and O–H groups in total. The van der Waals surface area contributed by atoms with Crippen LogP contribution in [-0.4, -0.2) is 49.4 Å². The van der Waals surface area contributed by atoms with Crippen molar-refractivity contribution in [3.63, 3.8) is 0 Å². The second-order valence-electron chi connectivity index (χ2n) is 8.15. The van der Waals surface area contributed by atoms with E-state index in [1.54, 1.807) is 6.07 Å². The highest BCUT2D eigenvalue weighted by Crippen LogP contribution is 2.37. The molecule has 0 saturated carbocycles. The Morgan fingerprint density at radius 2 is 1.68 bits per heavy atom. The molecule has 0 spiro atoms. The zero-order chi connectivity index (χ0) is 27.4. The summed E-state index contributed by atoms with van der Waals surface area (Å²) in [5, 5.41) is 0. The number of benzene rings is 1. The Bertz CT molecular complexity index is 1380. The van der Waals surface area contributed by atoms with E-state index < -0.39 is 35.6 Å². The van der Waals surface area contributed by atoms with Gasteiger partial charge in [-0.15, -0.1) is 0 Å². The van der Waals surface area contributed by atoms with Gasteiger partial charge in [0.25, 0.3) is 0 Å². The Labute approximate surface area is 217 Å². The summed E-state index contributed by atoms with van der Waals surface area (Å²) in [6, 6.07) is 3.40. The van der Waals surface area contributed by atoms with Gasteiger partial charge in [-0.05, 0) is 24.5 Å². The molecular formula is C26H25F2N5O5. The minimum Gasteiger partial charge on any atom is -0.493 e. The van der Waals surface area contributed by atoms with Crippen LogP contribution in [0.1, 0.15) is 47.0 Å². The molecule has 3 heterocycles. The Hall–Kier alpha value is -4.34. The summed E-state index contributed by atoms with van der Waals surface area (Å²) in [4.78, 5) is 27.1. The standard InChI is InChI=1S/C26H25F2N5O5/c1-35-19-11-20(36-2)22(28)16(21(19)27)8-5-14-12-30-23(31-13-14)18-10-7-15-6-9-17(25(37-3)38-4)32-24(15)33(18)26(29)34/h6,9,11-13,18,25H,7,10H2,1-4H3,(H2,29,34). The number of methoxy groups -OCH3 is 4. The maximum atomic E-state index is 14.6. The first-order chi connectivity index (χ1) is 18.3. The molecule has 0 radical (unpaired) electrons. The van der Waals surface area contributed by atoms with Gasteiger partial charge in [-0.3, -0.25) is 4.90 Å². The third kappa shape index (κ3) is 5.06. The van der Waals surface area contributed by atoms with Crippen molar-refractivity contribution < 1.29 is 32.5 Å². The molecule has 10 nitrogen and oxygen atoms in total. The molecular weight excluding hydrogens is 500 g/mol. The van der Waals surface area contributed by atoms with E-state index in [9.17, 15) is 13.6 Å². The zero-order valence-corrected chi connectivity index (χ0v) is 21.1. The maximum Gasteiger partial charge on any atom is 0.321 e. The largest absolute Gasteiger partial charge is 0.493 e. The molecule has 4 rings (SSSR count). The van der Waals surface area contributed by atoms with Gasteiger partial charge in [-0.2, -0.15) is 0 Å². The van der Waals surface area contributed by atoms with Gasteiger partial charge in [-0.1, -0.05) is 17.9 Å². The molecule has 198 valence electrons. The second-order valence-corrected chi connectivity index (χ2v) is 8.15. The van der Waals surface area contributed by atoms with Crippen LogP contribution in [0.15, 0.2) is 30.6 Å². The number of halogens is 2. The van der Waals surface area contributed by atoms with Crippen molar-refractivity contribution in [1.29, 1.82) is 0 Å². The summed E-state index contributed by atoms with van der Waals surface area (Å²) in [5.74, 6) is 3.46. The van der Waals surface area contributed by atoms with Crippen LogP contribution in [0.2, 0.25) is 0 Å². The zero-order valence-electron chi connectivity index (χ0n) is 21.1. The molecule has 0 aliphatic carbocycles. The number of aromatic nitrogens is 3. The van der Waals surface area contributed by atoms with E-state index in [-0.39, 0.29) is 11.5 Å². The number of amides is 2. The van der Waals surface area contributed by atoms with Crippen molar-refractivity contribution in [2.75, 3.05) is 33.3 Å². The van der Waals surface area contributed by atoms with Crippen molar-refractivity contribution in [1.82, 2.24) is 15.0 Å². The lowest BCUT2D eigenvalue weighted by molar-refractivity contribution is -0.108. The van der Waals surface area contributed by atoms with Gasteiger partial charge in [0.15, 0.2) is 29.0 Å². The van der Waals surface area contributed by atoms with E-state index in [2.05, 4.69) is 26.8 Å². The lowest BCUT2D eigenvalue weighted by atomic mass is 9.97. The molecule has 1 atom stereocenters.